The number of amides is 1. The maximum Gasteiger partial charge on any atom is 0.253 e. The first-order valence-corrected chi connectivity index (χ1v) is 10.1. The molecule has 0 aliphatic carbocycles. The molecule has 0 saturated carbocycles. The fraction of sp³-hybridized carbons (Fsp3) is 0.455. The topological polar surface area (TPSA) is 83.9 Å². The average Bonchev–Trinajstić information content (AvgIpc) is 3.16. The van der Waals surface area contributed by atoms with Crippen molar-refractivity contribution in [1.82, 2.24) is 24.4 Å². The van der Waals surface area contributed by atoms with Crippen LogP contribution in [0.2, 0.25) is 0 Å². The van der Waals surface area contributed by atoms with Gasteiger partial charge in [0.2, 0.25) is 0 Å². The van der Waals surface area contributed by atoms with Crippen LogP contribution in [0.1, 0.15) is 49.7 Å². The molecule has 29 heavy (non-hydrogen) atoms. The van der Waals surface area contributed by atoms with Crippen molar-refractivity contribution < 1.29 is 4.79 Å². The molecule has 152 valence electrons. The van der Waals surface area contributed by atoms with E-state index in [9.17, 15) is 9.59 Å². The van der Waals surface area contributed by atoms with E-state index in [1.165, 1.54) is 0 Å². The minimum absolute atomic E-state index is 0.00343. The Morgan fingerprint density at radius 3 is 2.62 bits per heavy atom. The number of likely N-dealkylation sites (tertiary alicyclic amines) is 1. The van der Waals surface area contributed by atoms with E-state index in [-0.39, 0.29) is 16.9 Å². The number of fused-ring (bicyclic) bond motifs is 1. The summed E-state index contributed by atoms with van der Waals surface area (Å²) in [4.78, 5) is 38.9. The number of aromatic nitrogens is 4. The minimum Gasteiger partial charge on any atom is -0.345 e. The van der Waals surface area contributed by atoms with E-state index < -0.39 is 0 Å². The van der Waals surface area contributed by atoms with Gasteiger partial charge in [-0.15, -0.1) is 0 Å². The molecule has 3 heterocycles. The zero-order valence-electron chi connectivity index (χ0n) is 17.2. The molecule has 0 spiro atoms. The molecule has 1 aliphatic heterocycles. The summed E-state index contributed by atoms with van der Waals surface area (Å²) in [5, 5.41) is 0. The molecule has 4 rings (SSSR count). The number of hydrogen-bond acceptors (Lipinski definition) is 4. The number of carbonyl (C=O) groups is 1. The quantitative estimate of drug-likeness (QED) is 0.741. The van der Waals surface area contributed by atoms with Gasteiger partial charge in [-0.05, 0) is 37.0 Å². The lowest BCUT2D eigenvalue weighted by molar-refractivity contribution is 0.0682. The molecule has 1 saturated heterocycles. The first kappa shape index (κ1) is 19.4. The zero-order chi connectivity index (χ0) is 20.6. The second kappa shape index (κ2) is 7.46. The fourth-order valence-electron chi connectivity index (χ4n) is 3.82. The Balaban J connectivity index is 1.38. The van der Waals surface area contributed by atoms with Crippen LogP contribution >= 0.6 is 0 Å². The highest BCUT2D eigenvalue weighted by molar-refractivity contribution is 5.97. The third kappa shape index (κ3) is 4.09. The summed E-state index contributed by atoms with van der Waals surface area (Å²) in [6, 6.07) is 7.20. The van der Waals surface area contributed by atoms with E-state index in [1.54, 1.807) is 23.3 Å². The predicted molar refractivity (Wildman–Crippen MR) is 112 cm³/mol. The van der Waals surface area contributed by atoms with Crippen molar-refractivity contribution in [1.29, 1.82) is 0 Å². The smallest absolute Gasteiger partial charge is 0.253 e. The van der Waals surface area contributed by atoms with Gasteiger partial charge in [-0.2, -0.15) is 0 Å². The number of aromatic amines is 1. The maximum absolute atomic E-state index is 12.8. The van der Waals surface area contributed by atoms with Gasteiger partial charge in [0.05, 0.1) is 29.4 Å². The normalized spacial score (nSPS) is 15.8. The summed E-state index contributed by atoms with van der Waals surface area (Å²) in [5.41, 5.74) is 3.08. The van der Waals surface area contributed by atoms with Crippen LogP contribution in [0.15, 0.2) is 41.7 Å². The van der Waals surface area contributed by atoms with E-state index in [1.807, 2.05) is 23.1 Å². The second-order valence-corrected chi connectivity index (χ2v) is 8.88. The number of rotatable bonds is 3. The van der Waals surface area contributed by atoms with Crippen molar-refractivity contribution in [3.8, 4) is 0 Å². The van der Waals surface area contributed by atoms with E-state index in [2.05, 4.69) is 35.7 Å². The molecule has 1 aliphatic rings. The average molecular weight is 393 g/mol. The highest BCUT2D eigenvalue weighted by Crippen LogP contribution is 2.22. The first-order chi connectivity index (χ1) is 13.8. The Kier molecular flexibility index (Phi) is 4.98. The standard InChI is InChI=1S/C22H27N5O2/c1-22(2,3)19-11-20(28)27(14-25-19)12-15-6-8-26(9-7-15)21(29)16-4-5-17-18(10-16)24-13-23-17/h4-5,10-11,13-15H,6-9,12H2,1-3H3,(H,23,24). The number of H-pyrrole nitrogens is 1. The molecule has 7 nitrogen and oxygen atoms in total. The molecular formula is C22H27N5O2. The Labute approximate surface area is 169 Å². The van der Waals surface area contributed by atoms with Crippen molar-refractivity contribution in [3.63, 3.8) is 0 Å². The van der Waals surface area contributed by atoms with Gasteiger partial charge in [0.1, 0.15) is 0 Å². The van der Waals surface area contributed by atoms with Gasteiger partial charge in [-0.25, -0.2) is 9.97 Å². The van der Waals surface area contributed by atoms with Crippen LogP contribution in [-0.4, -0.2) is 43.4 Å². The van der Waals surface area contributed by atoms with Crippen LogP contribution < -0.4 is 5.56 Å². The third-order valence-electron chi connectivity index (χ3n) is 5.67. The van der Waals surface area contributed by atoms with Crippen molar-refractivity contribution in [2.75, 3.05) is 13.1 Å². The predicted octanol–water partition coefficient (Wildman–Crippen LogP) is 2.97. The molecule has 0 atom stereocenters. The summed E-state index contributed by atoms with van der Waals surface area (Å²) in [6.45, 7) is 8.21. The molecule has 1 aromatic carbocycles. The van der Waals surface area contributed by atoms with Crippen LogP contribution in [-0.2, 0) is 12.0 Å². The Morgan fingerprint density at radius 1 is 1.17 bits per heavy atom. The monoisotopic (exact) mass is 393 g/mol. The van der Waals surface area contributed by atoms with Crippen LogP contribution in [0.3, 0.4) is 0 Å². The van der Waals surface area contributed by atoms with E-state index in [0.717, 1.165) is 29.6 Å². The lowest BCUT2D eigenvalue weighted by Crippen LogP contribution is -2.40. The van der Waals surface area contributed by atoms with E-state index >= 15 is 0 Å². The summed E-state index contributed by atoms with van der Waals surface area (Å²) >= 11 is 0. The van der Waals surface area contributed by atoms with E-state index in [4.69, 9.17) is 0 Å². The molecule has 3 aromatic rings. The number of benzene rings is 1. The third-order valence-corrected chi connectivity index (χ3v) is 5.67. The summed E-state index contributed by atoms with van der Waals surface area (Å²) < 4.78 is 1.70. The van der Waals surface area contributed by atoms with Gasteiger partial charge < -0.3 is 9.88 Å². The van der Waals surface area contributed by atoms with Crippen molar-refractivity contribution in [3.05, 3.63) is 58.5 Å². The Morgan fingerprint density at radius 2 is 1.93 bits per heavy atom. The van der Waals surface area contributed by atoms with Crippen molar-refractivity contribution >= 4 is 16.9 Å². The summed E-state index contributed by atoms with van der Waals surface area (Å²) in [7, 11) is 0. The number of imidazole rings is 1. The number of nitrogens with zero attached hydrogens (tertiary/aromatic N) is 4. The molecule has 0 unspecified atom stereocenters. The molecule has 1 N–H and O–H groups in total. The molecule has 1 fully saturated rings. The van der Waals surface area contributed by atoms with Gasteiger partial charge in [-0.1, -0.05) is 20.8 Å². The van der Waals surface area contributed by atoms with E-state index in [0.29, 0.717) is 31.1 Å². The lowest BCUT2D eigenvalue weighted by Gasteiger charge is -2.32. The number of piperidine rings is 1. The molecule has 7 heteroatoms. The lowest BCUT2D eigenvalue weighted by atomic mass is 9.92. The molecule has 2 aromatic heterocycles. The van der Waals surface area contributed by atoms with Crippen LogP contribution in [0.4, 0.5) is 0 Å². The largest absolute Gasteiger partial charge is 0.345 e. The van der Waals surface area contributed by atoms with Crippen LogP contribution in [0, 0.1) is 5.92 Å². The highest BCUT2D eigenvalue weighted by atomic mass is 16.2. The molecular weight excluding hydrogens is 366 g/mol. The van der Waals surface area contributed by atoms with Gasteiger partial charge >= 0.3 is 0 Å². The number of hydrogen-bond donors (Lipinski definition) is 1. The maximum atomic E-state index is 12.8. The minimum atomic E-state index is -0.136. The van der Waals surface area contributed by atoms with Gasteiger partial charge in [0.25, 0.3) is 11.5 Å². The number of carbonyl (C=O) groups excluding carboxylic acids is 1. The Hall–Kier alpha value is -2.96. The summed E-state index contributed by atoms with van der Waals surface area (Å²) in [5.74, 6) is 0.419. The summed E-state index contributed by atoms with van der Waals surface area (Å²) in [6.07, 6.45) is 5.06. The number of nitrogens with one attached hydrogen (secondary N) is 1. The highest BCUT2D eigenvalue weighted by Gasteiger charge is 2.25. The second-order valence-electron chi connectivity index (χ2n) is 8.88. The van der Waals surface area contributed by atoms with Crippen molar-refractivity contribution in [2.24, 2.45) is 5.92 Å². The van der Waals surface area contributed by atoms with Crippen LogP contribution in [0.25, 0.3) is 11.0 Å². The van der Waals surface area contributed by atoms with Crippen molar-refractivity contribution in [2.45, 2.75) is 45.6 Å². The Bertz CT molecular complexity index is 1080. The molecule has 1 amide bonds. The van der Waals surface area contributed by atoms with Gasteiger partial charge in [-0.3, -0.25) is 14.2 Å². The zero-order valence-corrected chi connectivity index (χ0v) is 17.2. The van der Waals surface area contributed by atoms with Gasteiger partial charge in [0.15, 0.2) is 0 Å². The fourth-order valence-corrected chi connectivity index (χ4v) is 3.82. The SMILES string of the molecule is CC(C)(C)c1cc(=O)n(CC2CCN(C(=O)c3ccc4nc[nH]c4c3)CC2)cn1. The van der Waals surface area contributed by atoms with Crippen LogP contribution in [0.5, 0.6) is 0 Å². The molecule has 0 radical (unpaired) electrons. The first-order valence-electron chi connectivity index (χ1n) is 10.1. The molecule has 0 bridgehead atoms. The van der Waals surface area contributed by atoms with Gasteiger partial charge in [0, 0.05) is 36.7 Å².